The van der Waals surface area contributed by atoms with Crippen LogP contribution in [0.4, 0.5) is 0 Å². The van der Waals surface area contributed by atoms with Gasteiger partial charge >= 0.3 is 0 Å². The number of ether oxygens (including phenoxy) is 1. The summed E-state index contributed by atoms with van der Waals surface area (Å²) >= 11 is 0. The molecule has 0 saturated carbocycles. The molecule has 0 spiro atoms. The minimum Gasteiger partial charge on any atom is -0.496 e. The van der Waals surface area contributed by atoms with E-state index in [2.05, 4.69) is 29.5 Å². The summed E-state index contributed by atoms with van der Waals surface area (Å²) in [7, 11) is 1.71. The summed E-state index contributed by atoms with van der Waals surface area (Å²) in [6.45, 7) is 2.91. The first-order chi connectivity index (χ1) is 10.3. The summed E-state index contributed by atoms with van der Waals surface area (Å²) in [5.41, 5.74) is 3.49. The molecule has 1 N–H and O–H groups in total. The van der Waals surface area contributed by atoms with E-state index in [0.29, 0.717) is 0 Å². The maximum absolute atomic E-state index is 5.42. The van der Waals surface area contributed by atoms with E-state index < -0.39 is 0 Å². The van der Waals surface area contributed by atoms with Gasteiger partial charge in [0.25, 0.3) is 0 Å². The van der Waals surface area contributed by atoms with Crippen LogP contribution in [0.25, 0.3) is 5.52 Å². The van der Waals surface area contributed by atoms with Gasteiger partial charge in [0.15, 0.2) is 0 Å². The van der Waals surface area contributed by atoms with E-state index in [1.54, 1.807) is 7.11 Å². The smallest absolute Gasteiger partial charge is 0.123 e. The third kappa shape index (κ3) is 2.76. The van der Waals surface area contributed by atoms with E-state index >= 15 is 0 Å². The molecule has 0 bridgehead atoms. The van der Waals surface area contributed by atoms with Crippen molar-refractivity contribution >= 4 is 5.52 Å². The summed E-state index contributed by atoms with van der Waals surface area (Å²) in [6, 6.07) is 14.4. The number of nitrogens with one attached hydrogen (secondary N) is 1. The Labute approximate surface area is 124 Å². The van der Waals surface area contributed by atoms with Crippen molar-refractivity contribution < 1.29 is 4.74 Å². The molecule has 4 nitrogen and oxygen atoms in total. The van der Waals surface area contributed by atoms with Crippen molar-refractivity contribution in [3.05, 3.63) is 66.0 Å². The average Bonchev–Trinajstić information content (AvgIpc) is 2.96. The number of para-hydroxylation sites is 1. The van der Waals surface area contributed by atoms with Crippen molar-refractivity contribution in [2.24, 2.45) is 0 Å². The summed E-state index contributed by atoms with van der Waals surface area (Å²) in [6.07, 6.45) is 3.87. The molecule has 4 heteroatoms. The quantitative estimate of drug-likeness (QED) is 0.780. The topological polar surface area (TPSA) is 38.6 Å². The lowest BCUT2D eigenvalue weighted by molar-refractivity contribution is 0.401. The molecule has 1 aromatic carbocycles. The fourth-order valence-electron chi connectivity index (χ4n) is 2.52. The first kappa shape index (κ1) is 13.6. The fourth-order valence-corrected chi connectivity index (χ4v) is 2.52. The van der Waals surface area contributed by atoms with Crippen LogP contribution in [0.3, 0.4) is 0 Å². The van der Waals surface area contributed by atoms with Crippen molar-refractivity contribution in [1.82, 2.24) is 14.9 Å². The number of fused-ring (bicyclic) bond motifs is 1. The molecule has 0 aliphatic carbocycles. The van der Waals surface area contributed by atoms with Crippen molar-refractivity contribution in [2.45, 2.75) is 19.5 Å². The highest BCUT2D eigenvalue weighted by atomic mass is 16.5. The van der Waals surface area contributed by atoms with Gasteiger partial charge in [-0.25, -0.2) is 4.52 Å². The predicted molar refractivity (Wildman–Crippen MR) is 83.4 cm³/mol. The first-order valence-electron chi connectivity index (χ1n) is 7.07. The summed E-state index contributed by atoms with van der Waals surface area (Å²) in [5, 5.41) is 7.89. The molecule has 1 atom stereocenters. The van der Waals surface area contributed by atoms with E-state index in [-0.39, 0.29) is 6.04 Å². The van der Waals surface area contributed by atoms with Crippen LogP contribution in [0.15, 0.2) is 54.9 Å². The molecule has 0 radical (unpaired) electrons. The maximum atomic E-state index is 5.42. The number of hydrogen-bond donors (Lipinski definition) is 1. The Kier molecular flexibility index (Phi) is 3.88. The lowest BCUT2D eigenvalue weighted by atomic mass is 10.1. The SMILES string of the molecule is COc1ccccc1[C@H](C)NCc1cnn2ccccc12. The highest BCUT2D eigenvalue weighted by Gasteiger charge is 2.11. The number of benzene rings is 1. The Hall–Kier alpha value is -2.33. The second kappa shape index (κ2) is 5.97. The van der Waals surface area contributed by atoms with E-state index in [4.69, 9.17) is 4.74 Å². The standard InChI is InChI=1S/C17H19N3O/c1-13(15-7-3-4-9-17(15)21-2)18-11-14-12-19-20-10-6-5-8-16(14)20/h3-10,12-13,18H,11H2,1-2H3/t13-/m0/s1. The number of hydrogen-bond acceptors (Lipinski definition) is 3. The zero-order valence-electron chi connectivity index (χ0n) is 12.3. The molecular formula is C17H19N3O. The molecule has 0 aliphatic heterocycles. The number of nitrogens with zero attached hydrogens (tertiary/aromatic N) is 2. The fraction of sp³-hybridized carbons (Fsp3) is 0.235. The molecule has 0 aliphatic rings. The van der Waals surface area contributed by atoms with E-state index in [1.165, 1.54) is 5.56 Å². The lowest BCUT2D eigenvalue weighted by Gasteiger charge is -2.16. The van der Waals surface area contributed by atoms with Crippen LogP contribution in [0.5, 0.6) is 5.75 Å². The van der Waals surface area contributed by atoms with Gasteiger partial charge in [0.1, 0.15) is 5.75 Å². The van der Waals surface area contributed by atoms with Crippen LogP contribution in [0.1, 0.15) is 24.1 Å². The first-order valence-corrected chi connectivity index (χ1v) is 7.07. The van der Waals surface area contributed by atoms with Crippen molar-refractivity contribution in [1.29, 1.82) is 0 Å². The molecule has 3 rings (SSSR count). The minimum absolute atomic E-state index is 0.208. The van der Waals surface area contributed by atoms with Gasteiger partial charge in [-0.1, -0.05) is 24.3 Å². The second-order valence-corrected chi connectivity index (χ2v) is 5.04. The van der Waals surface area contributed by atoms with Gasteiger partial charge in [-0.15, -0.1) is 0 Å². The summed E-state index contributed by atoms with van der Waals surface area (Å²) in [4.78, 5) is 0. The van der Waals surface area contributed by atoms with Crippen LogP contribution in [-0.4, -0.2) is 16.7 Å². The molecule has 0 fully saturated rings. The Morgan fingerprint density at radius 2 is 2.00 bits per heavy atom. The van der Waals surface area contributed by atoms with Gasteiger partial charge in [-0.3, -0.25) is 0 Å². The molecule has 2 aromatic heterocycles. The average molecular weight is 281 g/mol. The number of aromatic nitrogens is 2. The molecule has 0 amide bonds. The van der Waals surface area contributed by atoms with Gasteiger partial charge in [-0.05, 0) is 25.1 Å². The third-order valence-corrected chi connectivity index (χ3v) is 3.71. The van der Waals surface area contributed by atoms with Crippen molar-refractivity contribution in [3.63, 3.8) is 0 Å². The number of methoxy groups -OCH3 is 1. The zero-order chi connectivity index (χ0) is 14.7. The van der Waals surface area contributed by atoms with Crippen molar-refractivity contribution in [3.8, 4) is 5.75 Å². The molecule has 3 aromatic rings. The zero-order valence-corrected chi connectivity index (χ0v) is 12.3. The summed E-state index contributed by atoms with van der Waals surface area (Å²) < 4.78 is 7.31. The molecule has 0 unspecified atom stereocenters. The Morgan fingerprint density at radius 1 is 1.19 bits per heavy atom. The molecule has 108 valence electrons. The Bertz CT molecular complexity index is 735. The molecular weight excluding hydrogens is 262 g/mol. The second-order valence-electron chi connectivity index (χ2n) is 5.04. The van der Waals surface area contributed by atoms with E-state index in [1.807, 2.05) is 47.2 Å². The van der Waals surface area contributed by atoms with E-state index in [9.17, 15) is 0 Å². The normalized spacial score (nSPS) is 12.5. The van der Waals surface area contributed by atoms with Crippen LogP contribution in [0, 0.1) is 0 Å². The highest BCUT2D eigenvalue weighted by molar-refractivity contribution is 5.53. The maximum Gasteiger partial charge on any atom is 0.123 e. The number of rotatable bonds is 5. The van der Waals surface area contributed by atoms with Gasteiger partial charge < -0.3 is 10.1 Å². The molecule has 2 heterocycles. The van der Waals surface area contributed by atoms with Gasteiger partial charge in [0, 0.05) is 29.9 Å². The van der Waals surface area contributed by atoms with Gasteiger partial charge in [0.2, 0.25) is 0 Å². The van der Waals surface area contributed by atoms with Crippen LogP contribution >= 0.6 is 0 Å². The largest absolute Gasteiger partial charge is 0.496 e. The van der Waals surface area contributed by atoms with Gasteiger partial charge in [-0.2, -0.15) is 5.10 Å². The highest BCUT2D eigenvalue weighted by Crippen LogP contribution is 2.24. The summed E-state index contributed by atoms with van der Waals surface area (Å²) in [5.74, 6) is 0.914. The minimum atomic E-state index is 0.208. The van der Waals surface area contributed by atoms with Crippen LogP contribution < -0.4 is 10.1 Å². The molecule has 0 saturated heterocycles. The third-order valence-electron chi connectivity index (χ3n) is 3.71. The Morgan fingerprint density at radius 3 is 2.86 bits per heavy atom. The van der Waals surface area contributed by atoms with Crippen LogP contribution in [-0.2, 0) is 6.54 Å². The van der Waals surface area contributed by atoms with E-state index in [0.717, 1.165) is 23.4 Å². The predicted octanol–water partition coefficient (Wildman–Crippen LogP) is 3.19. The number of pyridine rings is 1. The van der Waals surface area contributed by atoms with Gasteiger partial charge in [0.05, 0.1) is 18.8 Å². The molecule has 21 heavy (non-hydrogen) atoms. The monoisotopic (exact) mass is 281 g/mol. The van der Waals surface area contributed by atoms with Crippen molar-refractivity contribution in [2.75, 3.05) is 7.11 Å². The van der Waals surface area contributed by atoms with Crippen LogP contribution in [0.2, 0.25) is 0 Å². The Balaban J connectivity index is 1.75. The lowest BCUT2D eigenvalue weighted by Crippen LogP contribution is -2.18.